The fraction of sp³-hybridized carbons (Fsp3) is 0.167. The highest BCUT2D eigenvalue weighted by molar-refractivity contribution is 6.32. The van der Waals surface area contributed by atoms with Gasteiger partial charge in [-0.1, -0.05) is 41.9 Å². The van der Waals surface area contributed by atoms with Crippen molar-refractivity contribution in [2.75, 3.05) is 0 Å². The fourth-order valence-corrected chi connectivity index (χ4v) is 1.84. The normalized spacial score (nSPS) is 10.9. The first kappa shape index (κ1) is 12.7. The molecule has 2 aromatic rings. The molecule has 0 spiro atoms. The first-order chi connectivity index (χ1) is 8.63. The van der Waals surface area contributed by atoms with Crippen LogP contribution in [0.15, 0.2) is 30.3 Å². The monoisotopic (exact) mass is 270 g/mol. The summed E-state index contributed by atoms with van der Waals surface area (Å²) >= 11 is 5.86. The number of aromatic nitrogens is 2. The van der Waals surface area contributed by atoms with Crippen LogP contribution < -0.4 is 0 Å². The molecule has 0 radical (unpaired) electrons. The van der Waals surface area contributed by atoms with Gasteiger partial charge >= 0.3 is 0 Å². The molecule has 3 nitrogen and oxygen atoms in total. The van der Waals surface area contributed by atoms with Crippen LogP contribution >= 0.6 is 11.6 Å². The fourth-order valence-electron chi connectivity index (χ4n) is 1.60. The van der Waals surface area contributed by atoms with Gasteiger partial charge in [-0.3, -0.25) is 4.79 Å². The van der Waals surface area contributed by atoms with Crippen molar-refractivity contribution >= 4 is 17.9 Å². The van der Waals surface area contributed by atoms with Crippen molar-refractivity contribution in [1.29, 1.82) is 0 Å². The lowest BCUT2D eigenvalue weighted by molar-refractivity contribution is 0.110. The van der Waals surface area contributed by atoms with Crippen molar-refractivity contribution in [3.05, 3.63) is 52.3 Å². The number of halogens is 3. The summed E-state index contributed by atoms with van der Waals surface area (Å²) in [5.74, 6) is 0. The Bertz CT molecular complexity index is 555. The van der Waals surface area contributed by atoms with Crippen LogP contribution in [-0.2, 0) is 6.54 Å². The van der Waals surface area contributed by atoms with Gasteiger partial charge in [0.25, 0.3) is 6.43 Å². The van der Waals surface area contributed by atoms with E-state index < -0.39 is 12.1 Å². The topological polar surface area (TPSA) is 34.9 Å². The van der Waals surface area contributed by atoms with Gasteiger partial charge in [0.2, 0.25) is 0 Å². The van der Waals surface area contributed by atoms with Crippen LogP contribution in [0.1, 0.15) is 28.0 Å². The summed E-state index contributed by atoms with van der Waals surface area (Å²) < 4.78 is 26.5. The van der Waals surface area contributed by atoms with Crippen LogP contribution in [0.5, 0.6) is 0 Å². The van der Waals surface area contributed by atoms with E-state index in [1.165, 1.54) is 4.68 Å². The maximum atomic E-state index is 12.7. The Morgan fingerprint density at radius 1 is 1.33 bits per heavy atom. The number of carbonyl (C=O) groups excluding carboxylic acids is 1. The molecular weight excluding hydrogens is 262 g/mol. The molecule has 0 aliphatic heterocycles. The van der Waals surface area contributed by atoms with E-state index in [2.05, 4.69) is 5.10 Å². The highest BCUT2D eigenvalue weighted by Gasteiger charge is 2.22. The summed E-state index contributed by atoms with van der Waals surface area (Å²) in [5, 5.41) is 3.61. The lowest BCUT2D eigenvalue weighted by Crippen LogP contribution is -2.02. The SMILES string of the molecule is O=Cc1c(C(F)F)nn(Cc2ccccc2)c1Cl. The number of nitrogens with zero attached hydrogens (tertiary/aromatic N) is 2. The molecule has 0 atom stereocenters. The molecule has 6 heteroatoms. The Kier molecular flexibility index (Phi) is 3.72. The highest BCUT2D eigenvalue weighted by Crippen LogP contribution is 2.26. The van der Waals surface area contributed by atoms with Crippen LogP contribution in [-0.4, -0.2) is 16.1 Å². The number of aldehydes is 1. The zero-order valence-electron chi connectivity index (χ0n) is 9.19. The molecule has 0 bridgehead atoms. The number of hydrogen-bond acceptors (Lipinski definition) is 2. The summed E-state index contributed by atoms with van der Waals surface area (Å²) in [6.45, 7) is 0.243. The Hall–Kier alpha value is -1.75. The minimum absolute atomic E-state index is 0.0656. The number of alkyl halides is 2. The average Bonchev–Trinajstić information content (AvgIpc) is 2.68. The van der Waals surface area contributed by atoms with E-state index in [4.69, 9.17) is 11.6 Å². The first-order valence-electron chi connectivity index (χ1n) is 5.17. The number of hydrogen-bond donors (Lipinski definition) is 0. The highest BCUT2D eigenvalue weighted by atomic mass is 35.5. The van der Waals surface area contributed by atoms with Crippen LogP contribution in [0.2, 0.25) is 5.15 Å². The van der Waals surface area contributed by atoms with E-state index in [0.29, 0.717) is 6.29 Å². The van der Waals surface area contributed by atoms with Gasteiger partial charge in [0.1, 0.15) is 10.8 Å². The zero-order chi connectivity index (χ0) is 13.1. The molecule has 94 valence electrons. The van der Waals surface area contributed by atoms with Gasteiger partial charge in [0, 0.05) is 0 Å². The quantitative estimate of drug-likeness (QED) is 0.799. The second-order valence-corrected chi connectivity index (χ2v) is 4.01. The molecule has 0 fully saturated rings. The molecule has 18 heavy (non-hydrogen) atoms. The summed E-state index contributed by atoms with van der Waals surface area (Å²) in [6, 6.07) is 9.12. The Morgan fingerprint density at radius 2 is 2.00 bits per heavy atom. The second-order valence-electron chi connectivity index (χ2n) is 3.65. The Labute approximate surface area is 107 Å². The molecule has 0 aliphatic rings. The van der Waals surface area contributed by atoms with Crippen LogP contribution in [0.3, 0.4) is 0 Å². The number of benzene rings is 1. The molecule has 1 heterocycles. The summed E-state index contributed by atoms with van der Waals surface area (Å²) in [4.78, 5) is 10.7. The van der Waals surface area contributed by atoms with Crippen molar-refractivity contribution in [3.63, 3.8) is 0 Å². The third-order valence-corrected chi connectivity index (χ3v) is 2.85. The van der Waals surface area contributed by atoms with Gasteiger partial charge in [-0.2, -0.15) is 5.10 Å². The number of carbonyl (C=O) groups is 1. The predicted octanol–water partition coefficient (Wildman–Crippen LogP) is 3.33. The molecule has 2 rings (SSSR count). The summed E-state index contributed by atoms with van der Waals surface area (Å²) in [6.07, 6.45) is -2.52. The third-order valence-electron chi connectivity index (χ3n) is 2.45. The van der Waals surface area contributed by atoms with E-state index in [1.54, 1.807) is 0 Å². The lowest BCUT2D eigenvalue weighted by atomic mass is 10.2. The van der Waals surface area contributed by atoms with Crippen LogP contribution in [0.25, 0.3) is 0 Å². The molecule has 0 N–H and O–H groups in total. The maximum absolute atomic E-state index is 12.7. The lowest BCUT2D eigenvalue weighted by Gasteiger charge is -2.02. The molecule has 1 aromatic carbocycles. The predicted molar refractivity (Wildman–Crippen MR) is 63.1 cm³/mol. The van der Waals surface area contributed by atoms with Gasteiger partial charge in [0.15, 0.2) is 6.29 Å². The van der Waals surface area contributed by atoms with Crippen LogP contribution in [0, 0.1) is 0 Å². The van der Waals surface area contributed by atoms with Gasteiger partial charge < -0.3 is 0 Å². The van der Waals surface area contributed by atoms with Gasteiger partial charge in [-0.05, 0) is 5.56 Å². The zero-order valence-corrected chi connectivity index (χ0v) is 9.94. The smallest absolute Gasteiger partial charge is 0.282 e. The third kappa shape index (κ3) is 2.41. The Balaban J connectivity index is 2.37. The molecule has 0 aliphatic carbocycles. The van der Waals surface area contributed by atoms with E-state index in [9.17, 15) is 13.6 Å². The molecule has 0 saturated carbocycles. The minimum Gasteiger partial charge on any atom is -0.298 e. The van der Waals surface area contributed by atoms with Crippen molar-refractivity contribution in [2.24, 2.45) is 0 Å². The molecule has 0 unspecified atom stereocenters. The van der Waals surface area contributed by atoms with E-state index in [1.807, 2.05) is 30.3 Å². The average molecular weight is 271 g/mol. The van der Waals surface area contributed by atoms with Crippen molar-refractivity contribution in [3.8, 4) is 0 Å². The molecule has 1 aromatic heterocycles. The summed E-state index contributed by atoms with van der Waals surface area (Å²) in [7, 11) is 0. The molecular formula is C12H9ClF2N2O. The van der Waals surface area contributed by atoms with E-state index in [-0.39, 0.29) is 17.3 Å². The second kappa shape index (κ2) is 5.27. The van der Waals surface area contributed by atoms with Crippen molar-refractivity contribution in [1.82, 2.24) is 9.78 Å². The van der Waals surface area contributed by atoms with Crippen molar-refractivity contribution in [2.45, 2.75) is 13.0 Å². The van der Waals surface area contributed by atoms with Crippen LogP contribution in [0.4, 0.5) is 8.78 Å². The van der Waals surface area contributed by atoms with Gasteiger partial charge in [-0.15, -0.1) is 0 Å². The van der Waals surface area contributed by atoms with Crippen molar-refractivity contribution < 1.29 is 13.6 Å². The molecule has 0 saturated heterocycles. The molecule has 0 amide bonds. The van der Waals surface area contributed by atoms with Gasteiger partial charge in [-0.25, -0.2) is 13.5 Å². The Morgan fingerprint density at radius 3 is 2.50 bits per heavy atom. The van der Waals surface area contributed by atoms with Gasteiger partial charge in [0.05, 0.1) is 12.1 Å². The largest absolute Gasteiger partial charge is 0.298 e. The maximum Gasteiger partial charge on any atom is 0.282 e. The summed E-state index contributed by atoms with van der Waals surface area (Å²) in [5.41, 5.74) is 0.0358. The number of rotatable bonds is 4. The first-order valence-corrected chi connectivity index (χ1v) is 5.54. The standard InChI is InChI=1S/C12H9ClF2N2O/c13-11-9(7-18)10(12(14)15)16-17(11)6-8-4-2-1-3-5-8/h1-5,7,12H,6H2. The van der Waals surface area contributed by atoms with E-state index >= 15 is 0 Å². The minimum atomic E-state index is -2.82. The van der Waals surface area contributed by atoms with E-state index in [0.717, 1.165) is 5.56 Å².